The Balaban J connectivity index is 2.02. The molecule has 0 saturated carbocycles. The highest BCUT2D eigenvalue weighted by Crippen LogP contribution is 2.22. The fraction of sp³-hybridized carbons (Fsp3) is 0.600. The lowest BCUT2D eigenvalue weighted by Gasteiger charge is -2.38. The Morgan fingerprint density at radius 3 is 2.54 bits per heavy atom. The Morgan fingerprint density at radius 1 is 1.23 bits per heavy atom. The molecule has 0 aliphatic carbocycles. The zero-order valence-electron chi connectivity index (χ0n) is 16.2. The van der Waals surface area contributed by atoms with Crippen LogP contribution in [0.1, 0.15) is 39.7 Å². The van der Waals surface area contributed by atoms with Crippen molar-refractivity contribution < 1.29 is 19.1 Å². The van der Waals surface area contributed by atoms with Gasteiger partial charge in [0.25, 0.3) is 0 Å². The van der Waals surface area contributed by atoms with Gasteiger partial charge in [-0.3, -0.25) is 4.79 Å². The molecule has 0 aromatic heterocycles. The van der Waals surface area contributed by atoms with Crippen LogP contribution >= 0.6 is 0 Å². The van der Waals surface area contributed by atoms with Gasteiger partial charge in [0.2, 0.25) is 0 Å². The number of amides is 1. The smallest absolute Gasteiger partial charge is 0.410 e. The molecule has 1 aromatic rings. The number of nitrogens with one attached hydrogen (secondary N) is 1. The van der Waals surface area contributed by atoms with Gasteiger partial charge in [0, 0.05) is 25.7 Å². The first-order chi connectivity index (χ1) is 12.3. The van der Waals surface area contributed by atoms with Crippen molar-refractivity contribution in [3.05, 3.63) is 35.9 Å². The summed E-state index contributed by atoms with van der Waals surface area (Å²) in [6.07, 6.45) is 0.295. The molecule has 2 rings (SSSR count). The van der Waals surface area contributed by atoms with Crippen molar-refractivity contribution in [2.45, 2.75) is 52.3 Å². The lowest BCUT2D eigenvalue weighted by molar-refractivity contribution is -0.150. The van der Waals surface area contributed by atoms with E-state index in [1.54, 1.807) is 11.8 Å². The Morgan fingerprint density at radius 2 is 1.92 bits per heavy atom. The number of hydrogen-bond donors (Lipinski definition) is 1. The quantitative estimate of drug-likeness (QED) is 0.816. The summed E-state index contributed by atoms with van der Waals surface area (Å²) in [6.45, 7) is 9.16. The number of nitrogens with zero attached hydrogens (tertiary/aromatic N) is 1. The number of piperidine rings is 1. The van der Waals surface area contributed by atoms with Crippen LogP contribution < -0.4 is 5.32 Å². The van der Waals surface area contributed by atoms with Crippen molar-refractivity contribution in [3.63, 3.8) is 0 Å². The minimum absolute atomic E-state index is 0.0343. The normalized spacial score (nSPS) is 20.5. The van der Waals surface area contributed by atoms with Crippen molar-refractivity contribution in [1.82, 2.24) is 10.2 Å². The van der Waals surface area contributed by atoms with Gasteiger partial charge >= 0.3 is 12.1 Å². The standard InChI is InChI=1S/C20H30N2O4/c1-5-25-18(23)16-14-22(19(24)26-20(2,3)4)12-11-17(16)21-13-15-9-7-6-8-10-15/h6-10,16-17,21H,5,11-14H2,1-4H3/t16?,17-/m0/s1. The lowest BCUT2D eigenvalue weighted by atomic mass is 9.92. The fourth-order valence-corrected chi connectivity index (χ4v) is 3.02. The maximum atomic E-state index is 12.4. The average Bonchev–Trinajstić information content (AvgIpc) is 2.59. The zero-order chi connectivity index (χ0) is 19.2. The first-order valence-electron chi connectivity index (χ1n) is 9.22. The first kappa shape index (κ1) is 20.2. The van der Waals surface area contributed by atoms with E-state index < -0.39 is 11.5 Å². The second kappa shape index (κ2) is 9.03. The van der Waals surface area contributed by atoms with Gasteiger partial charge in [-0.15, -0.1) is 0 Å². The maximum Gasteiger partial charge on any atom is 0.410 e. The molecule has 1 fully saturated rings. The van der Waals surface area contributed by atoms with Crippen LogP contribution in [0, 0.1) is 5.92 Å². The molecule has 144 valence electrons. The van der Waals surface area contributed by atoms with Gasteiger partial charge in [0.05, 0.1) is 12.5 Å². The third-order valence-corrected chi connectivity index (χ3v) is 4.27. The summed E-state index contributed by atoms with van der Waals surface area (Å²) in [5, 5.41) is 3.46. The average molecular weight is 362 g/mol. The summed E-state index contributed by atoms with van der Waals surface area (Å²) in [5.74, 6) is -0.675. The second-order valence-corrected chi connectivity index (χ2v) is 7.55. The summed E-state index contributed by atoms with van der Waals surface area (Å²) >= 11 is 0. The second-order valence-electron chi connectivity index (χ2n) is 7.55. The van der Waals surface area contributed by atoms with E-state index >= 15 is 0 Å². The van der Waals surface area contributed by atoms with Gasteiger partial charge < -0.3 is 19.7 Å². The van der Waals surface area contributed by atoms with Gasteiger partial charge in [-0.05, 0) is 39.7 Å². The van der Waals surface area contributed by atoms with Crippen LogP contribution in [0.4, 0.5) is 4.79 Å². The van der Waals surface area contributed by atoms with E-state index in [2.05, 4.69) is 5.32 Å². The largest absolute Gasteiger partial charge is 0.466 e. The molecule has 6 heteroatoms. The third-order valence-electron chi connectivity index (χ3n) is 4.27. The van der Waals surface area contributed by atoms with Crippen molar-refractivity contribution in [2.24, 2.45) is 5.92 Å². The molecule has 1 aliphatic heterocycles. The number of carbonyl (C=O) groups is 2. The van der Waals surface area contributed by atoms with Crippen molar-refractivity contribution in [2.75, 3.05) is 19.7 Å². The molecule has 6 nitrogen and oxygen atoms in total. The van der Waals surface area contributed by atoms with Crippen molar-refractivity contribution in [1.29, 1.82) is 0 Å². The molecule has 0 spiro atoms. The molecule has 0 radical (unpaired) electrons. The van der Waals surface area contributed by atoms with Crippen LogP contribution in [0.15, 0.2) is 30.3 Å². The molecule has 0 bridgehead atoms. The minimum Gasteiger partial charge on any atom is -0.466 e. The van der Waals surface area contributed by atoms with Gasteiger partial charge in [0.1, 0.15) is 5.60 Å². The van der Waals surface area contributed by atoms with Crippen LogP contribution in [0.25, 0.3) is 0 Å². The Kier molecular flexibility index (Phi) is 7.03. The number of rotatable bonds is 5. The number of hydrogen-bond acceptors (Lipinski definition) is 5. The highest BCUT2D eigenvalue weighted by molar-refractivity contribution is 5.75. The molecule has 1 heterocycles. The fourth-order valence-electron chi connectivity index (χ4n) is 3.02. The van der Waals surface area contributed by atoms with E-state index in [-0.39, 0.29) is 18.1 Å². The summed E-state index contributed by atoms with van der Waals surface area (Å²) in [6, 6.07) is 10.0. The molecule has 26 heavy (non-hydrogen) atoms. The molecule has 1 unspecified atom stereocenters. The van der Waals surface area contributed by atoms with E-state index in [1.807, 2.05) is 51.1 Å². The number of carbonyl (C=O) groups excluding carboxylic acids is 2. The highest BCUT2D eigenvalue weighted by atomic mass is 16.6. The predicted molar refractivity (Wildman–Crippen MR) is 99.6 cm³/mol. The van der Waals surface area contributed by atoms with E-state index in [1.165, 1.54) is 0 Å². The van der Waals surface area contributed by atoms with E-state index in [4.69, 9.17) is 9.47 Å². The van der Waals surface area contributed by atoms with Crippen LogP contribution in [0.2, 0.25) is 0 Å². The van der Waals surface area contributed by atoms with Gasteiger partial charge in [-0.1, -0.05) is 30.3 Å². The first-order valence-corrected chi connectivity index (χ1v) is 9.22. The number of esters is 1. The molecule has 1 aliphatic rings. The summed E-state index contributed by atoms with van der Waals surface area (Å²) in [5.41, 5.74) is 0.600. The van der Waals surface area contributed by atoms with Gasteiger partial charge in [-0.2, -0.15) is 0 Å². The van der Waals surface area contributed by atoms with E-state index in [0.29, 0.717) is 32.7 Å². The molecule has 1 saturated heterocycles. The Bertz CT molecular complexity index is 598. The van der Waals surface area contributed by atoms with Gasteiger partial charge in [-0.25, -0.2) is 4.79 Å². The lowest BCUT2D eigenvalue weighted by Crippen LogP contribution is -2.54. The molecular weight excluding hydrogens is 332 g/mol. The highest BCUT2D eigenvalue weighted by Gasteiger charge is 2.38. The summed E-state index contributed by atoms with van der Waals surface area (Å²) < 4.78 is 10.7. The number of benzene rings is 1. The molecule has 1 N–H and O–H groups in total. The summed E-state index contributed by atoms with van der Waals surface area (Å²) in [7, 11) is 0. The van der Waals surface area contributed by atoms with Crippen molar-refractivity contribution >= 4 is 12.1 Å². The van der Waals surface area contributed by atoms with E-state index in [9.17, 15) is 9.59 Å². The van der Waals surface area contributed by atoms with Crippen LogP contribution in [-0.4, -0.2) is 48.3 Å². The zero-order valence-corrected chi connectivity index (χ0v) is 16.2. The molecule has 1 amide bonds. The molecular formula is C20H30N2O4. The summed E-state index contributed by atoms with van der Waals surface area (Å²) in [4.78, 5) is 26.4. The minimum atomic E-state index is -0.557. The topological polar surface area (TPSA) is 67.9 Å². The van der Waals surface area contributed by atoms with Gasteiger partial charge in [0.15, 0.2) is 0 Å². The number of likely N-dealkylation sites (tertiary alicyclic amines) is 1. The van der Waals surface area contributed by atoms with Crippen LogP contribution in [0.5, 0.6) is 0 Å². The number of ether oxygens (including phenoxy) is 2. The SMILES string of the molecule is CCOC(=O)C1CN(C(=O)OC(C)(C)C)CC[C@@H]1NCc1ccccc1. The Hall–Kier alpha value is -2.08. The van der Waals surface area contributed by atoms with Crippen molar-refractivity contribution in [3.8, 4) is 0 Å². The third kappa shape index (κ3) is 6.02. The predicted octanol–water partition coefficient (Wildman–Crippen LogP) is 2.96. The maximum absolute atomic E-state index is 12.4. The molecule has 2 atom stereocenters. The monoisotopic (exact) mass is 362 g/mol. The van der Waals surface area contributed by atoms with Crippen LogP contribution in [-0.2, 0) is 20.8 Å². The Labute approximate surface area is 155 Å². The molecule has 1 aromatic carbocycles. The van der Waals surface area contributed by atoms with E-state index in [0.717, 1.165) is 5.56 Å². The van der Waals surface area contributed by atoms with Crippen LogP contribution in [0.3, 0.4) is 0 Å².